The molecule has 4 aromatic carbocycles. The molecule has 4 aromatic rings. The van der Waals surface area contributed by atoms with Crippen LogP contribution in [0.1, 0.15) is 42.4 Å². The summed E-state index contributed by atoms with van der Waals surface area (Å²) in [6, 6.07) is 30.2. The molecule has 0 aromatic heterocycles. The van der Waals surface area contributed by atoms with Gasteiger partial charge in [-0.2, -0.15) is 0 Å². The maximum Gasteiger partial charge on any atom is 0.306 e. The fraction of sp³-hybridized carbons (Fsp3) is 0.233. The summed E-state index contributed by atoms with van der Waals surface area (Å²) in [6.45, 7) is 3.07. The lowest BCUT2D eigenvalue weighted by molar-refractivity contribution is -0.143. The second-order valence-corrected chi connectivity index (χ2v) is 8.74. The lowest BCUT2D eigenvalue weighted by Gasteiger charge is -2.18. The van der Waals surface area contributed by atoms with Crippen LogP contribution in [0.2, 0.25) is 0 Å². The van der Waals surface area contributed by atoms with Crippen LogP contribution < -0.4 is 5.32 Å². The zero-order chi connectivity index (χ0) is 22.6. The Morgan fingerprint density at radius 3 is 2.55 bits per heavy atom. The number of nitrogens with one attached hydrogen (secondary N) is 1. The zero-order valence-corrected chi connectivity index (χ0v) is 19.0. The molecule has 0 amide bonds. The van der Waals surface area contributed by atoms with Crippen molar-refractivity contribution >= 4 is 22.4 Å². The number of rotatable bonds is 7. The lowest BCUT2D eigenvalue weighted by atomic mass is 9.92. The highest BCUT2D eigenvalue weighted by atomic mass is 16.5. The number of carbonyl (C=O) groups excluding carboxylic acids is 1. The van der Waals surface area contributed by atoms with E-state index in [1.54, 1.807) is 0 Å². The monoisotopic (exact) mass is 435 g/mol. The molecule has 0 spiro atoms. The van der Waals surface area contributed by atoms with Crippen molar-refractivity contribution in [3.63, 3.8) is 0 Å². The largest absolute Gasteiger partial charge is 0.466 e. The van der Waals surface area contributed by atoms with Gasteiger partial charge in [-0.1, -0.05) is 66.7 Å². The van der Waals surface area contributed by atoms with E-state index in [9.17, 15) is 4.79 Å². The van der Waals surface area contributed by atoms with Crippen LogP contribution in [0.15, 0.2) is 84.9 Å². The summed E-state index contributed by atoms with van der Waals surface area (Å²) in [5, 5.41) is 6.16. The van der Waals surface area contributed by atoms with Gasteiger partial charge in [-0.3, -0.25) is 4.79 Å². The van der Waals surface area contributed by atoms with E-state index >= 15 is 0 Å². The summed E-state index contributed by atoms with van der Waals surface area (Å²) < 4.78 is 5.24. The minimum Gasteiger partial charge on any atom is -0.466 e. The van der Waals surface area contributed by atoms with E-state index in [-0.39, 0.29) is 11.9 Å². The first-order valence-electron chi connectivity index (χ1n) is 11.8. The average molecular weight is 436 g/mol. The van der Waals surface area contributed by atoms with Crippen molar-refractivity contribution < 1.29 is 9.53 Å². The summed E-state index contributed by atoms with van der Waals surface area (Å²) in [5.74, 6) is 0.121. The van der Waals surface area contributed by atoms with Crippen LogP contribution >= 0.6 is 0 Å². The molecule has 1 unspecified atom stereocenters. The second kappa shape index (κ2) is 9.50. The SMILES string of the molecule is CCOC(=O)CC1CCc2cc(NCc3ccccc3)c(-c3ccc4ccccc4c3)cc21. The molecule has 166 valence electrons. The predicted octanol–water partition coefficient (Wildman–Crippen LogP) is 7.10. The summed E-state index contributed by atoms with van der Waals surface area (Å²) in [6.07, 6.45) is 2.44. The lowest BCUT2D eigenvalue weighted by Crippen LogP contribution is -2.09. The van der Waals surface area contributed by atoms with Gasteiger partial charge in [-0.15, -0.1) is 0 Å². The second-order valence-electron chi connectivity index (χ2n) is 8.74. The van der Waals surface area contributed by atoms with Gasteiger partial charge in [0.1, 0.15) is 0 Å². The predicted molar refractivity (Wildman–Crippen MR) is 135 cm³/mol. The highest BCUT2D eigenvalue weighted by Crippen LogP contribution is 2.42. The third kappa shape index (κ3) is 4.63. The van der Waals surface area contributed by atoms with Crippen molar-refractivity contribution in [1.29, 1.82) is 0 Å². The topological polar surface area (TPSA) is 38.3 Å². The van der Waals surface area contributed by atoms with Crippen LogP contribution in [0.5, 0.6) is 0 Å². The molecule has 0 bridgehead atoms. The number of hydrogen-bond acceptors (Lipinski definition) is 3. The Morgan fingerprint density at radius 1 is 0.939 bits per heavy atom. The molecule has 0 aliphatic heterocycles. The van der Waals surface area contributed by atoms with E-state index in [1.807, 2.05) is 13.0 Å². The smallest absolute Gasteiger partial charge is 0.306 e. The van der Waals surface area contributed by atoms with Gasteiger partial charge in [0.05, 0.1) is 13.0 Å². The summed E-state index contributed by atoms with van der Waals surface area (Å²) in [5.41, 5.74) is 7.40. The first kappa shape index (κ1) is 21.3. The van der Waals surface area contributed by atoms with Gasteiger partial charge in [0.2, 0.25) is 0 Å². The molecule has 0 fully saturated rings. The van der Waals surface area contributed by atoms with Gasteiger partial charge >= 0.3 is 5.97 Å². The highest BCUT2D eigenvalue weighted by molar-refractivity contribution is 5.90. The Kier molecular flexibility index (Phi) is 6.12. The molecule has 3 nitrogen and oxygen atoms in total. The molecule has 1 N–H and O–H groups in total. The number of carbonyl (C=O) groups is 1. The van der Waals surface area contributed by atoms with Crippen LogP contribution in [0.25, 0.3) is 21.9 Å². The van der Waals surface area contributed by atoms with Gasteiger partial charge in [0.15, 0.2) is 0 Å². The van der Waals surface area contributed by atoms with Gasteiger partial charge in [-0.05, 0) is 76.9 Å². The van der Waals surface area contributed by atoms with Crippen LogP contribution in [0.3, 0.4) is 0 Å². The average Bonchev–Trinajstić information content (AvgIpc) is 3.24. The quantitative estimate of drug-likeness (QED) is 0.315. The summed E-state index contributed by atoms with van der Waals surface area (Å²) >= 11 is 0. The number of anilines is 1. The Hall–Kier alpha value is -3.59. The molecular weight excluding hydrogens is 406 g/mol. The zero-order valence-electron chi connectivity index (χ0n) is 19.0. The highest BCUT2D eigenvalue weighted by Gasteiger charge is 2.27. The van der Waals surface area contributed by atoms with E-state index in [0.717, 1.165) is 25.1 Å². The molecule has 0 saturated heterocycles. The number of benzene rings is 4. The van der Waals surface area contributed by atoms with Gasteiger partial charge < -0.3 is 10.1 Å². The minimum atomic E-state index is -0.103. The fourth-order valence-corrected chi connectivity index (χ4v) is 4.91. The number of fused-ring (bicyclic) bond motifs is 2. The minimum absolute atomic E-state index is 0.103. The standard InChI is InChI=1S/C30H29NO2/c1-2-33-30(32)18-26-15-14-25-17-29(31-20-21-8-4-3-5-9-21)28(19-27(25)26)24-13-12-22-10-6-7-11-23(22)16-24/h3-13,16-17,19,26,31H,2,14-15,18,20H2,1H3. The molecule has 1 aliphatic rings. The van der Waals surface area contributed by atoms with Crippen molar-refractivity contribution in [2.24, 2.45) is 0 Å². The molecule has 5 rings (SSSR count). The van der Waals surface area contributed by atoms with E-state index in [0.29, 0.717) is 13.0 Å². The fourth-order valence-electron chi connectivity index (χ4n) is 4.91. The van der Waals surface area contributed by atoms with Crippen LogP contribution in [-0.2, 0) is 22.5 Å². The summed E-state index contributed by atoms with van der Waals surface area (Å²) in [4.78, 5) is 12.2. The first-order chi connectivity index (χ1) is 16.2. The Labute approximate surface area is 195 Å². The van der Waals surface area contributed by atoms with E-state index in [2.05, 4.69) is 84.2 Å². The normalized spacial score (nSPS) is 14.8. The van der Waals surface area contributed by atoms with E-state index in [4.69, 9.17) is 4.74 Å². The van der Waals surface area contributed by atoms with E-state index in [1.165, 1.54) is 38.6 Å². The maximum atomic E-state index is 12.2. The molecule has 1 atom stereocenters. The molecule has 33 heavy (non-hydrogen) atoms. The Bertz CT molecular complexity index is 1280. The molecule has 0 saturated carbocycles. The number of aryl methyl sites for hydroxylation is 1. The number of ether oxygens (including phenoxy) is 1. The van der Waals surface area contributed by atoms with Gasteiger partial charge in [0.25, 0.3) is 0 Å². The molecule has 3 heteroatoms. The first-order valence-corrected chi connectivity index (χ1v) is 11.8. The number of esters is 1. The van der Waals surface area contributed by atoms with Crippen LogP contribution in [0.4, 0.5) is 5.69 Å². The van der Waals surface area contributed by atoms with Crippen molar-refractivity contribution in [2.45, 2.75) is 38.6 Å². The van der Waals surface area contributed by atoms with Crippen LogP contribution in [0, 0.1) is 0 Å². The Morgan fingerprint density at radius 2 is 1.73 bits per heavy atom. The summed E-state index contributed by atoms with van der Waals surface area (Å²) in [7, 11) is 0. The molecule has 0 radical (unpaired) electrons. The van der Waals surface area contributed by atoms with E-state index < -0.39 is 0 Å². The molecular formula is C30H29NO2. The Balaban J connectivity index is 1.54. The third-order valence-corrected chi connectivity index (χ3v) is 6.59. The van der Waals surface area contributed by atoms with Crippen molar-refractivity contribution in [1.82, 2.24) is 0 Å². The number of hydrogen-bond donors (Lipinski definition) is 1. The van der Waals surface area contributed by atoms with Gasteiger partial charge in [-0.25, -0.2) is 0 Å². The van der Waals surface area contributed by atoms with Crippen molar-refractivity contribution in [3.05, 3.63) is 102 Å². The maximum absolute atomic E-state index is 12.2. The van der Waals surface area contributed by atoms with Crippen molar-refractivity contribution in [3.8, 4) is 11.1 Å². The van der Waals surface area contributed by atoms with Crippen LogP contribution in [-0.4, -0.2) is 12.6 Å². The van der Waals surface area contributed by atoms with Gasteiger partial charge in [0, 0.05) is 17.8 Å². The molecule has 1 aliphatic carbocycles. The molecule has 0 heterocycles. The third-order valence-electron chi connectivity index (χ3n) is 6.59. The van der Waals surface area contributed by atoms with Crippen molar-refractivity contribution in [2.75, 3.05) is 11.9 Å².